The van der Waals surface area contributed by atoms with E-state index < -0.39 is 11.6 Å². The predicted octanol–water partition coefficient (Wildman–Crippen LogP) is 2.01. The van der Waals surface area contributed by atoms with E-state index in [-0.39, 0.29) is 53.5 Å². The summed E-state index contributed by atoms with van der Waals surface area (Å²) in [5, 5.41) is 11.9. The van der Waals surface area contributed by atoms with E-state index in [4.69, 9.17) is 14.5 Å². The van der Waals surface area contributed by atoms with E-state index in [0.29, 0.717) is 57.4 Å². The number of aromatic nitrogens is 2. The molecule has 0 spiro atoms. The van der Waals surface area contributed by atoms with Crippen LogP contribution in [0.2, 0.25) is 0 Å². The number of piperidine rings is 2. The van der Waals surface area contributed by atoms with Crippen molar-refractivity contribution in [1.82, 2.24) is 14.5 Å². The first-order valence-electron chi connectivity index (χ1n) is 15.7. The number of carbonyl (C=O) groups is 2. The van der Waals surface area contributed by atoms with Crippen LogP contribution in [0, 0.1) is 0 Å². The number of aliphatic hydroxyl groups is 1. The molecule has 4 aliphatic rings. The lowest BCUT2D eigenvalue weighted by atomic mass is 9.86. The lowest BCUT2D eigenvalue weighted by molar-refractivity contribution is -0.860. The molecule has 3 aromatic rings. The number of halogens is 1. The highest BCUT2D eigenvalue weighted by molar-refractivity contribution is 5.87. The second kappa shape index (κ2) is 14.4. The molecule has 2 aromatic heterocycles. The maximum Gasteiger partial charge on any atom is 0.521 e. The summed E-state index contributed by atoms with van der Waals surface area (Å²) in [5.41, 5.74) is 1.20. The molecule has 13 nitrogen and oxygen atoms in total. The Morgan fingerprint density at radius 1 is 1.06 bits per heavy atom. The normalized spacial score (nSPS) is 24.6. The molecule has 2 fully saturated rings. The van der Waals surface area contributed by atoms with Crippen LogP contribution >= 0.6 is 12.4 Å². The molecule has 1 amide bonds. The van der Waals surface area contributed by atoms with E-state index in [9.17, 15) is 19.5 Å². The molecule has 7 rings (SSSR count). The van der Waals surface area contributed by atoms with Gasteiger partial charge in [0.05, 0.1) is 48.6 Å². The van der Waals surface area contributed by atoms with E-state index in [1.54, 1.807) is 23.6 Å². The standard InChI is InChI=1S/C33H39N4O6.ClH.3H2O/c1-3-33(41)26-18-28-29-22(19-36(28)30(38)25(26)20-42-31(33)39)16-21-17-24(8-9-27(21)34-29)43-32(40)37(4-2)14-10-23(11-15-37)35-12-6-5-7-13-35;;;;/h8-9,16-18,23,41H,3-7,10-15,19-20H2,1-2H3;1H;3*1H2/q+1;;;;/t23?,33-,37?;;;;/m0..../s1. The van der Waals surface area contributed by atoms with Crippen LogP contribution in [0.25, 0.3) is 22.3 Å². The van der Waals surface area contributed by atoms with Crippen molar-refractivity contribution in [1.29, 1.82) is 0 Å². The zero-order valence-corrected chi connectivity index (χ0v) is 27.7. The van der Waals surface area contributed by atoms with Crippen LogP contribution in [0.3, 0.4) is 0 Å². The fourth-order valence-electron chi connectivity index (χ4n) is 7.55. The van der Waals surface area contributed by atoms with Gasteiger partial charge in [-0.15, -0.1) is 12.4 Å². The van der Waals surface area contributed by atoms with Crippen molar-refractivity contribution in [2.75, 3.05) is 32.7 Å². The summed E-state index contributed by atoms with van der Waals surface area (Å²) in [6.07, 6.45) is 5.77. The highest BCUT2D eigenvalue weighted by Crippen LogP contribution is 2.39. The third kappa shape index (κ3) is 6.17. The third-order valence-corrected chi connectivity index (χ3v) is 10.4. The molecule has 14 heteroatoms. The van der Waals surface area contributed by atoms with E-state index >= 15 is 0 Å². The molecule has 0 radical (unpaired) electrons. The third-order valence-electron chi connectivity index (χ3n) is 10.4. The Balaban J connectivity index is 0.00000150. The van der Waals surface area contributed by atoms with Crippen LogP contribution in [0.5, 0.6) is 5.75 Å². The maximum atomic E-state index is 13.6. The van der Waals surface area contributed by atoms with Gasteiger partial charge in [-0.3, -0.25) is 9.69 Å². The van der Waals surface area contributed by atoms with Crippen LogP contribution in [0.4, 0.5) is 4.79 Å². The van der Waals surface area contributed by atoms with Gasteiger partial charge in [0.15, 0.2) is 5.60 Å². The first-order chi connectivity index (χ1) is 20.8. The highest BCUT2D eigenvalue weighted by Gasteiger charge is 2.46. The SMILES string of the molecule is CC[C@@]1(O)C(=O)OCc2c1cc1n(c2=O)Cc2cc3cc(OC(=O)[N+]4(CC)CCC(N5CCCCC5)CC4)ccc3nc2-1.Cl.O.O.O. The first-order valence-corrected chi connectivity index (χ1v) is 15.7. The molecule has 4 aliphatic heterocycles. The molecule has 7 N–H and O–H groups in total. The summed E-state index contributed by atoms with van der Waals surface area (Å²) >= 11 is 0. The fourth-order valence-corrected chi connectivity index (χ4v) is 7.55. The predicted molar refractivity (Wildman–Crippen MR) is 178 cm³/mol. The lowest BCUT2D eigenvalue weighted by Crippen LogP contribution is -2.60. The minimum absolute atomic E-state index is 0. The Labute approximate surface area is 279 Å². The summed E-state index contributed by atoms with van der Waals surface area (Å²) in [5.74, 6) is -0.257. The van der Waals surface area contributed by atoms with Gasteiger partial charge in [0.2, 0.25) is 0 Å². The van der Waals surface area contributed by atoms with Crippen LogP contribution in [-0.2, 0) is 28.3 Å². The number of fused-ring (bicyclic) bond motifs is 5. The monoisotopic (exact) mass is 677 g/mol. The van der Waals surface area contributed by atoms with Crippen LogP contribution in [-0.4, -0.2) is 91.3 Å². The molecule has 1 aromatic carbocycles. The number of quaternary nitrogens is 1. The van der Waals surface area contributed by atoms with E-state index in [2.05, 4.69) is 11.8 Å². The Bertz CT molecular complexity index is 1700. The number of carbonyl (C=O) groups excluding carboxylic acids is 2. The smallest absolute Gasteiger partial charge is 0.458 e. The summed E-state index contributed by atoms with van der Waals surface area (Å²) in [7, 11) is 0. The summed E-state index contributed by atoms with van der Waals surface area (Å²) in [4.78, 5) is 46.9. The van der Waals surface area contributed by atoms with Crippen molar-refractivity contribution in [3.8, 4) is 17.1 Å². The summed E-state index contributed by atoms with van der Waals surface area (Å²) < 4.78 is 13.1. The van der Waals surface area contributed by atoms with Gasteiger partial charge in [-0.1, -0.05) is 13.3 Å². The van der Waals surface area contributed by atoms with Gasteiger partial charge in [0.1, 0.15) is 12.4 Å². The Hall–Kier alpha value is -3.43. The number of benzene rings is 1. The number of nitrogens with zero attached hydrogens (tertiary/aromatic N) is 4. The zero-order valence-electron chi connectivity index (χ0n) is 26.8. The lowest BCUT2D eigenvalue weighted by Gasteiger charge is -2.43. The first kappa shape index (κ1) is 38.0. The topological polar surface area (TPSA) is 205 Å². The molecule has 0 saturated carbocycles. The molecule has 2 saturated heterocycles. The Kier molecular flexibility index (Phi) is 11.6. The molecule has 0 aliphatic carbocycles. The minimum atomic E-state index is -1.86. The van der Waals surface area contributed by atoms with Crippen molar-refractivity contribution >= 4 is 35.4 Å². The number of ether oxygens (including phenoxy) is 2. The molecule has 0 unspecified atom stereocenters. The second-order valence-corrected chi connectivity index (χ2v) is 12.6. The average Bonchev–Trinajstić information content (AvgIpc) is 3.40. The number of hydrogen-bond acceptors (Lipinski definition) is 8. The number of hydrogen-bond donors (Lipinski definition) is 1. The van der Waals surface area contributed by atoms with Crippen LogP contribution in [0.1, 0.15) is 69.1 Å². The van der Waals surface area contributed by atoms with Gasteiger partial charge in [0.25, 0.3) is 5.56 Å². The second-order valence-electron chi connectivity index (χ2n) is 12.6. The molecule has 258 valence electrons. The molecule has 47 heavy (non-hydrogen) atoms. The van der Waals surface area contributed by atoms with Crippen molar-refractivity contribution in [2.45, 2.75) is 77.2 Å². The van der Waals surface area contributed by atoms with Gasteiger partial charge in [0, 0.05) is 35.4 Å². The van der Waals surface area contributed by atoms with Gasteiger partial charge in [-0.2, -0.15) is 4.79 Å². The van der Waals surface area contributed by atoms with Crippen molar-refractivity contribution in [3.63, 3.8) is 0 Å². The van der Waals surface area contributed by atoms with Crippen LogP contribution < -0.4 is 10.3 Å². The quantitative estimate of drug-likeness (QED) is 0.249. The number of amides is 1. The molecular formula is C33H46ClN4O9+. The Morgan fingerprint density at radius 3 is 2.43 bits per heavy atom. The largest absolute Gasteiger partial charge is 0.521 e. The van der Waals surface area contributed by atoms with E-state index in [1.165, 1.54) is 32.4 Å². The minimum Gasteiger partial charge on any atom is -0.458 e. The number of rotatable bonds is 4. The van der Waals surface area contributed by atoms with Gasteiger partial charge < -0.3 is 35.6 Å². The maximum absolute atomic E-state index is 13.6. The highest BCUT2D eigenvalue weighted by atomic mass is 35.5. The number of likely N-dealkylation sites (tertiary alicyclic amines) is 2. The zero-order chi connectivity index (χ0) is 29.9. The van der Waals surface area contributed by atoms with E-state index in [1.807, 2.05) is 18.2 Å². The van der Waals surface area contributed by atoms with Gasteiger partial charge >= 0.3 is 12.1 Å². The molecule has 0 bridgehead atoms. The number of esters is 1. The van der Waals surface area contributed by atoms with Crippen molar-refractivity contribution in [2.24, 2.45) is 0 Å². The summed E-state index contributed by atoms with van der Waals surface area (Å²) in [6, 6.07) is 9.69. The number of pyridine rings is 2. The van der Waals surface area contributed by atoms with Gasteiger partial charge in [-0.25, -0.2) is 14.3 Å². The van der Waals surface area contributed by atoms with Crippen molar-refractivity contribution < 1.29 is 45.1 Å². The molecular weight excluding hydrogens is 632 g/mol. The van der Waals surface area contributed by atoms with Gasteiger partial charge in [-0.05, 0) is 69.6 Å². The Morgan fingerprint density at radius 2 is 1.77 bits per heavy atom. The molecule has 1 atom stereocenters. The summed E-state index contributed by atoms with van der Waals surface area (Å²) in [6.45, 7) is 8.54. The fraction of sp³-hybridized carbons (Fsp3) is 0.515. The van der Waals surface area contributed by atoms with Crippen LogP contribution in [0.15, 0.2) is 35.1 Å². The number of cyclic esters (lactones) is 1. The average molecular weight is 678 g/mol. The van der Waals surface area contributed by atoms with E-state index in [0.717, 1.165) is 36.9 Å². The van der Waals surface area contributed by atoms with Crippen molar-refractivity contribution in [3.05, 3.63) is 57.4 Å². The molecule has 6 heterocycles.